The van der Waals surface area contributed by atoms with E-state index in [-0.39, 0.29) is 11.7 Å². The van der Waals surface area contributed by atoms with E-state index in [0.29, 0.717) is 27.8 Å². The van der Waals surface area contributed by atoms with Gasteiger partial charge in [-0.1, -0.05) is 11.6 Å². The van der Waals surface area contributed by atoms with Crippen LogP contribution in [-0.4, -0.2) is 41.9 Å². The molecular formula is C23H22BrFN6O. The molecule has 0 unspecified atom stereocenters. The molecule has 1 aliphatic heterocycles. The summed E-state index contributed by atoms with van der Waals surface area (Å²) in [6.07, 6.45) is 4.79. The predicted molar refractivity (Wildman–Crippen MR) is 122 cm³/mol. The first-order chi connectivity index (χ1) is 15.3. The third-order valence-electron chi connectivity index (χ3n) is 6.31. The Morgan fingerprint density at radius 2 is 1.94 bits per heavy atom. The van der Waals surface area contributed by atoms with Crippen LogP contribution in [0.1, 0.15) is 41.5 Å². The fourth-order valence-electron chi connectivity index (χ4n) is 4.67. The maximum atomic E-state index is 14.1. The molecular weight excluding hydrogens is 475 g/mol. The smallest absolute Gasteiger partial charge is 0.256 e. The van der Waals surface area contributed by atoms with Crippen molar-refractivity contribution < 1.29 is 9.18 Å². The molecule has 5 rings (SSSR count). The molecule has 9 heteroatoms. The van der Waals surface area contributed by atoms with Gasteiger partial charge in [0.25, 0.3) is 5.91 Å². The van der Waals surface area contributed by atoms with Crippen LogP contribution in [0.15, 0.2) is 47.2 Å². The quantitative estimate of drug-likeness (QED) is 0.418. The van der Waals surface area contributed by atoms with E-state index in [1.165, 1.54) is 10.9 Å². The fraction of sp³-hybridized carbons (Fsp3) is 0.304. The van der Waals surface area contributed by atoms with Crippen molar-refractivity contribution in [3.63, 3.8) is 0 Å². The zero-order valence-corrected chi connectivity index (χ0v) is 19.6. The minimum atomic E-state index is -0.633. The van der Waals surface area contributed by atoms with Gasteiger partial charge in [0.1, 0.15) is 11.6 Å². The summed E-state index contributed by atoms with van der Waals surface area (Å²) >= 11 is 3.26. The van der Waals surface area contributed by atoms with E-state index in [4.69, 9.17) is 4.98 Å². The van der Waals surface area contributed by atoms with Gasteiger partial charge >= 0.3 is 0 Å². The molecule has 0 radical (unpaired) electrons. The molecule has 32 heavy (non-hydrogen) atoms. The van der Waals surface area contributed by atoms with Crippen LogP contribution in [0.4, 0.5) is 4.39 Å². The summed E-state index contributed by atoms with van der Waals surface area (Å²) in [4.78, 5) is 22.0. The lowest BCUT2D eigenvalue weighted by atomic mass is 9.96. The maximum absolute atomic E-state index is 14.1. The second kappa shape index (κ2) is 7.51. The zero-order valence-electron chi connectivity index (χ0n) is 18.0. The van der Waals surface area contributed by atoms with Crippen molar-refractivity contribution in [1.29, 1.82) is 0 Å². The van der Waals surface area contributed by atoms with Gasteiger partial charge in [-0.2, -0.15) is 15.0 Å². The largest absolute Gasteiger partial charge is 0.329 e. The van der Waals surface area contributed by atoms with Gasteiger partial charge in [0.05, 0.1) is 44.7 Å². The molecule has 1 aliphatic rings. The van der Waals surface area contributed by atoms with E-state index in [2.05, 4.69) is 26.1 Å². The minimum absolute atomic E-state index is 0.0968. The average molecular weight is 497 g/mol. The molecule has 7 nitrogen and oxygen atoms in total. The van der Waals surface area contributed by atoms with Gasteiger partial charge in [0, 0.05) is 19.7 Å². The first-order valence-corrected chi connectivity index (χ1v) is 11.2. The molecule has 0 aliphatic carbocycles. The molecule has 2 aromatic heterocycles. The molecule has 0 bridgehead atoms. The Morgan fingerprint density at radius 3 is 2.69 bits per heavy atom. The molecule has 0 spiro atoms. The first-order valence-electron chi connectivity index (χ1n) is 10.4. The summed E-state index contributed by atoms with van der Waals surface area (Å²) in [5.74, 6) is 0.283. The van der Waals surface area contributed by atoms with Crippen LogP contribution in [0.3, 0.4) is 0 Å². The number of halogens is 2. The van der Waals surface area contributed by atoms with Crippen LogP contribution in [-0.2, 0) is 12.6 Å². The van der Waals surface area contributed by atoms with E-state index in [9.17, 15) is 9.18 Å². The number of hydrogen-bond donors (Lipinski definition) is 0. The second-order valence-corrected chi connectivity index (χ2v) is 9.28. The standard InChI is InChI=1S/C23H22BrFN6O/c1-14-5-6-19(31-26-8-9-27-31)15(11-14)21(32)30-10-4-7-23(30,2)22-28-18-13-17(25)16(24)12-20(18)29(22)3/h5-6,8-9,11-13H,4,7,10H2,1-3H3/t23-/m0/s1. The molecule has 1 saturated heterocycles. The Balaban J connectivity index is 1.62. The number of hydrogen-bond acceptors (Lipinski definition) is 4. The van der Waals surface area contributed by atoms with Gasteiger partial charge < -0.3 is 9.47 Å². The van der Waals surface area contributed by atoms with Crippen LogP contribution in [0.2, 0.25) is 0 Å². The lowest BCUT2D eigenvalue weighted by Crippen LogP contribution is -2.44. The zero-order chi connectivity index (χ0) is 22.6. The van der Waals surface area contributed by atoms with Crippen molar-refractivity contribution in [2.24, 2.45) is 7.05 Å². The fourth-order valence-corrected chi connectivity index (χ4v) is 5.00. The average Bonchev–Trinajstić information content (AvgIpc) is 3.49. The molecule has 3 heterocycles. The Bertz CT molecular complexity index is 1350. The number of nitrogens with zero attached hydrogens (tertiary/aromatic N) is 6. The van der Waals surface area contributed by atoms with Crippen molar-refractivity contribution in [2.45, 2.75) is 32.2 Å². The highest BCUT2D eigenvalue weighted by Gasteiger charge is 2.45. The van der Waals surface area contributed by atoms with Crippen molar-refractivity contribution in [1.82, 2.24) is 29.4 Å². The second-order valence-electron chi connectivity index (χ2n) is 8.42. The lowest BCUT2D eigenvalue weighted by molar-refractivity contribution is 0.0599. The van der Waals surface area contributed by atoms with Crippen molar-refractivity contribution in [3.8, 4) is 5.69 Å². The molecule has 0 N–H and O–H groups in total. The summed E-state index contributed by atoms with van der Waals surface area (Å²) in [6.45, 7) is 4.60. The number of carbonyl (C=O) groups is 1. The number of aromatic nitrogens is 5. The summed E-state index contributed by atoms with van der Waals surface area (Å²) in [7, 11) is 1.91. The van der Waals surface area contributed by atoms with Gasteiger partial charge in [0.2, 0.25) is 0 Å². The Kier molecular flexibility index (Phi) is 4.88. The molecule has 1 fully saturated rings. The van der Waals surface area contributed by atoms with Crippen LogP contribution in [0, 0.1) is 12.7 Å². The predicted octanol–water partition coefficient (Wildman–Crippen LogP) is 4.52. The Morgan fingerprint density at radius 1 is 1.19 bits per heavy atom. The molecule has 164 valence electrons. The highest BCUT2D eigenvalue weighted by atomic mass is 79.9. The van der Waals surface area contributed by atoms with E-state index < -0.39 is 5.54 Å². The maximum Gasteiger partial charge on any atom is 0.256 e. The molecule has 4 aromatic rings. The van der Waals surface area contributed by atoms with Crippen molar-refractivity contribution >= 4 is 32.9 Å². The van der Waals surface area contributed by atoms with Crippen LogP contribution < -0.4 is 0 Å². The normalized spacial score (nSPS) is 18.6. The topological polar surface area (TPSA) is 68.8 Å². The number of benzene rings is 2. The SMILES string of the molecule is Cc1ccc(-n2nccn2)c(C(=O)N2CCC[C@@]2(C)c2nc3cc(F)c(Br)cc3n2C)c1. The molecule has 1 amide bonds. The minimum Gasteiger partial charge on any atom is -0.329 e. The van der Waals surface area contributed by atoms with Crippen LogP contribution in [0.5, 0.6) is 0 Å². The number of aryl methyl sites for hydroxylation is 2. The molecule has 2 aromatic carbocycles. The number of carbonyl (C=O) groups excluding carboxylic acids is 1. The first kappa shape index (κ1) is 20.8. The van der Waals surface area contributed by atoms with Gasteiger partial charge in [-0.15, -0.1) is 0 Å². The van der Waals surface area contributed by atoms with Gasteiger partial charge in [0.15, 0.2) is 0 Å². The molecule has 0 saturated carbocycles. The van der Waals surface area contributed by atoms with E-state index in [0.717, 1.165) is 29.7 Å². The van der Waals surface area contributed by atoms with Gasteiger partial charge in [-0.05, 0) is 60.8 Å². The summed E-state index contributed by atoms with van der Waals surface area (Å²) in [6, 6.07) is 8.84. The van der Waals surface area contributed by atoms with Gasteiger partial charge in [-0.25, -0.2) is 9.37 Å². The summed E-state index contributed by atoms with van der Waals surface area (Å²) < 4.78 is 16.5. The van der Waals surface area contributed by atoms with E-state index >= 15 is 0 Å². The Hall–Kier alpha value is -3.07. The van der Waals surface area contributed by atoms with E-state index in [1.807, 2.05) is 48.6 Å². The number of imidazole rings is 1. The van der Waals surface area contributed by atoms with Crippen LogP contribution in [0.25, 0.3) is 16.7 Å². The number of fused-ring (bicyclic) bond motifs is 1. The highest BCUT2D eigenvalue weighted by Crippen LogP contribution is 2.40. The third kappa shape index (κ3) is 3.14. The van der Waals surface area contributed by atoms with E-state index in [1.54, 1.807) is 18.5 Å². The summed E-state index contributed by atoms with van der Waals surface area (Å²) in [5, 5.41) is 8.44. The van der Waals surface area contributed by atoms with Crippen LogP contribution >= 0.6 is 15.9 Å². The number of amides is 1. The number of likely N-dealkylation sites (tertiary alicyclic amines) is 1. The highest BCUT2D eigenvalue weighted by molar-refractivity contribution is 9.10. The number of rotatable bonds is 3. The van der Waals surface area contributed by atoms with Crippen molar-refractivity contribution in [2.75, 3.05) is 6.54 Å². The van der Waals surface area contributed by atoms with Gasteiger partial charge in [-0.3, -0.25) is 4.79 Å². The monoisotopic (exact) mass is 496 g/mol. The Labute approximate surface area is 193 Å². The summed E-state index contributed by atoms with van der Waals surface area (Å²) in [5.41, 5.74) is 2.91. The lowest BCUT2D eigenvalue weighted by Gasteiger charge is -2.35. The van der Waals surface area contributed by atoms with Crippen molar-refractivity contribution in [3.05, 3.63) is 70.0 Å². The third-order valence-corrected chi connectivity index (χ3v) is 6.92. The molecule has 1 atom stereocenters.